The number of methoxy groups -OCH3 is 1. The first kappa shape index (κ1) is 28.7. The zero-order chi connectivity index (χ0) is 29.3. The second kappa shape index (κ2) is 13.7. The van der Waals surface area contributed by atoms with Gasteiger partial charge in [0.15, 0.2) is 0 Å². The summed E-state index contributed by atoms with van der Waals surface area (Å²) in [7, 11) is 1.60. The lowest BCUT2D eigenvalue weighted by atomic mass is 10.0. The monoisotopic (exact) mass is 563 g/mol. The number of fused-ring (bicyclic) bond motifs is 1. The van der Waals surface area contributed by atoms with Gasteiger partial charge in [-0.2, -0.15) is 0 Å². The molecule has 0 spiro atoms. The molecule has 7 heteroatoms. The molecule has 0 fully saturated rings. The zero-order valence-corrected chi connectivity index (χ0v) is 24.2. The second-order valence-corrected chi connectivity index (χ2v) is 10.2. The van der Waals surface area contributed by atoms with E-state index >= 15 is 0 Å². The molecule has 1 aliphatic rings. The van der Waals surface area contributed by atoms with Crippen LogP contribution in [0.1, 0.15) is 36.1 Å². The third-order valence-corrected chi connectivity index (χ3v) is 7.52. The van der Waals surface area contributed by atoms with Crippen molar-refractivity contribution in [3.8, 4) is 11.5 Å². The first-order valence-electron chi connectivity index (χ1n) is 14.4. The Kier molecular flexibility index (Phi) is 9.39. The Labute approximate surface area is 247 Å². The molecule has 2 amide bonds. The van der Waals surface area contributed by atoms with Crippen molar-refractivity contribution in [1.82, 2.24) is 5.32 Å². The number of para-hydroxylation sites is 1. The van der Waals surface area contributed by atoms with Crippen molar-refractivity contribution >= 4 is 23.2 Å². The molecule has 0 aliphatic carbocycles. The maximum atomic E-state index is 14.2. The largest absolute Gasteiger partial charge is 0.497 e. The number of rotatable bonds is 12. The second-order valence-electron chi connectivity index (χ2n) is 10.2. The molecule has 4 aromatic rings. The molecule has 7 nitrogen and oxygen atoms in total. The SMILES string of the molecule is CCOc1ccc(N(C(=O)CCN2CCc3ccccc32)[C@H](C(=O)NCc2ccccc2)c2ccc(OC)cc2)cc1. The minimum atomic E-state index is -0.893. The third kappa shape index (κ3) is 6.74. The van der Waals surface area contributed by atoms with Crippen molar-refractivity contribution in [2.45, 2.75) is 32.4 Å². The fourth-order valence-corrected chi connectivity index (χ4v) is 5.38. The summed E-state index contributed by atoms with van der Waals surface area (Å²) in [4.78, 5) is 32.1. The highest BCUT2D eigenvalue weighted by atomic mass is 16.5. The van der Waals surface area contributed by atoms with Gasteiger partial charge in [-0.3, -0.25) is 14.5 Å². The van der Waals surface area contributed by atoms with Crippen LogP contribution in [0.3, 0.4) is 0 Å². The molecule has 216 valence electrons. The Morgan fingerprint density at radius 1 is 0.881 bits per heavy atom. The summed E-state index contributed by atoms with van der Waals surface area (Å²) in [5.74, 6) is 0.975. The number of anilines is 2. The summed E-state index contributed by atoms with van der Waals surface area (Å²) in [5.41, 5.74) is 4.76. The molecule has 0 aromatic heterocycles. The van der Waals surface area contributed by atoms with E-state index in [0.717, 1.165) is 18.5 Å². The van der Waals surface area contributed by atoms with Crippen LogP contribution >= 0.6 is 0 Å². The molecule has 1 N–H and O–H groups in total. The predicted octanol–water partition coefficient (Wildman–Crippen LogP) is 5.94. The summed E-state index contributed by atoms with van der Waals surface area (Å²) in [6.45, 7) is 4.24. The van der Waals surface area contributed by atoms with Crippen molar-refractivity contribution in [1.29, 1.82) is 0 Å². The van der Waals surface area contributed by atoms with E-state index in [1.807, 2.05) is 91.9 Å². The summed E-state index contributed by atoms with van der Waals surface area (Å²) < 4.78 is 11.0. The average molecular weight is 564 g/mol. The molecular formula is C35H37N3O4. The van der Waals surface area contributed by atoms with Crippen LogP contribution < -0.4 is 24.6 Å². The van der Waals surface area contributed by atoms with Crippen LogP contribution in [-0.2, 0) is 22.6 Å². The maximum Gasteiger partial charge on any atom is 0.248 e. The van der Waals surface area contributed by atoms with Crippen LogP contribution in [0, 0.1) is 0 Å². The van der Waals surface area contributed by atoms with E-state index < -0.39 is 6.04 Å². The molecule has 0 radical (unpaired) electrons. The van der Waals surface area contributed by atoms with Crippen LogP contribution in [0.5, 0.6) is 11.5 Å². The third-order valence-electron chi connectivity index (χ3n) is 7.52. The lowest BCUT2D eigenvalue weighted by Crippen LogP contribution is -2.44. The topological polar surface area (TPSA) is 71.1 Å². The Morgan fingerprint density at radius 3 is 2.29 bits per heavy atom. The van der Waals surface area contributed by atoms with E-state index in [0.29, 0.717) is 42.4 Å². The molecule has 0 saturated carbocycles. The number of amides is 2. The molecule has 0 unspecified atom stereocenters. The Bertz CT molecular complexity index is 1470. The van der Waals surface area contributed by atoms with Gasteiger partial charge in [0.2, 0.25) is 11.8 Å². The molecule has 1 heterocycles. The number of carbonyl (C=O) groups is 2. The lowest BCUT2D eigenvalue weighted by molar-refractivity contribution is -0.126. The van der Waals surface area contributed by atoms with E-state index in [9.17, 15) is 9.59 Å². The summed E-state index contributed by atoms with van der Waals surface area (Å²) >= 11 is 0. The molecule has 42 heavy (non-hydrogen) atoms. The fraction of sp³-hybridized carbons (Fsp3) is 0.257. The van der Waals surface area contributed by atoms with Crippen LogP contribution in [0.4, 0.5) is 11.4 Å². The Morgan fingerprint density at radius 2 is 1.57 bits per heavy atom. The number of carbonyl (C=O) groups excluding carboxylic acids is 2. The van der Waals surface area contributed by atoms with Gasteiger partial charge >= 0.3 is 0 Å². The highest BCUT2D eigenvalue weighted by molar-refractivity contribution is 6.01. The maximum absolute atomic E-state index is 14.2. The normalized spacial score (nSPS) is 12.8. The van der Waals surface area contributed by atoms with Crippen molar-refractivity contribution < 1.29 is 19.1 Å². The van der Waals surface area contributed by atoms with Gasteiger partial charge in [-0.1, -0.05) is 60.7 Å². The standard InChI is InChI=1S/C35H37N3O4/c1-3-42-31-19-15-29(16-20-31)38(33(39)22-24-37-23-21-27-11-7-8-12-32(27)37)34(28-13-17-30(41-2)18-14-28)35(40)36-25-26-9-5-4-6-10-26/h4-20,34H,3,21-25H2,1-2H3,(H,36,40)/t34-/m0/s1. The number of hydrogen-bond donors (Lipinski definition) is 1. The van der Waals surface area contributed by atoms with Gasteiger partial charge in [-0.05, 0) is 72.5 Å². The van der Waals surface area contributed by atoms with E-state index in [2.05, 4.69) is 28.4 Å². The summed E-state index contributed by atoms with van der Waals surface area (Å²) in [6.07, 6.45) is 1.21. The summed E-state index contributed by atoms with van der Waals surface area (Å²) in [6, 6.07) is 31.9. The number of nitrogens with zero attached hydrogens (tertiary/aromatic N) is 2. The number of ether oxygens (including phenoxy) is 2. The predicted molar refractivity (Wildman–Crippen MR) is 166 cm³/mol. The van der Waals surface area contributed by atoms with Crippen molar-refractivity contribution in [3.05, 3.63) is 120 Å². The molecule has 0 saturated heterocycles. The summed E-state index contributed by atoms with van der Waals surface area (Å²) in [5, 5.41) is 3.07. The molecule has 5 rings (SSSR count). The van der Waals surface area contributed by atoms with Gasteiger partial charge < -0.3 is 19.7 Å². The zero-order valence-electron chi connectivity index (χ0n) is 24.2. The highest BCUT2D eigenvalue weighted by Gasteiger charge is 2.33. The molecule has 1 aliphatic heterocycles. The molecule has 4 aromatic carbocycles. The Hall–Kier alpha value is -4.78. The van der Waals surface area contributed by atoms with E-state index in [4.69, 9.17) is 9.47 Å². The smallest absolute Gasteiger partial charge is 0.248 e. The van der Waals surface area contributed by atoms with Gasteiger partial charge in [0.25, 0.3) is 0 Å². The van der Waals surface area contributed by atoms with Crippen LogP contribution in [0.2, 0.25) is 0 Å². The quantitative estimate of drug-likeness (QED) is 0.231. The van der Waals surface area contributed by atoms with Gasteiger partial charge in [0.1, 0.15) is 17.5 Å². The van der Waals surface area contributed by atoms with Gasteiger partial charge in [0.05, 0.1) is 13.7 Å². The van der Waals surface area contributed by atoms with Crippen LogP contribution in [0.15, 0.2) is 103 Å². The van der Waals surface area contributed by atoms with Crippen LogP contribution in [-0.4, -0.2) is 38.6 Å². The minimum Gasteiger partial charge on any atom is -0.497 e. The minimum absolute atomic E-state index is 0.140. The van der Waals surface area contributed by atoms with Crippen molar-refractivity contribution in [2.75, 3.05) is 36.6 Å². The van der Waals surface area contributed by atoms with E-state index in [-0.39, 0.29) is 18.2 Å². The van der Waals surface area contributed by atoms with Gasteiger partial charge in [0, 0.05) is 37.4 Å². The molecular weight excluding hydrogens is 526 g/mol. The lowest BCUT2D eigenvalue weighted by Gasteiger charge is -2.32. The fourth-order valence-electron chi connectivity index (χ4n) is 5.38. The average Bonchev–Trinajstić information content (AvgIpc) is 3.45. The van der Waals surface area contributed by atoms with E-state index in [1.54, 1.807) is 12.0 Å². The first-order chi connectivity index (χ1) is 20.6. The number of hydrogen-bond acceptors (Lipinski definition) is 5. The first-order valence-corrected chi connectivity index (χ1v) is 14.4. The molecule has 0 bridgehead atoms. The van der Waals surface area contributed by atoms with Gasteiger partial charge in [-0.15, -0.1) is 0 Å². The van der Waals surface area contributed by atoms with Crippen molar-refractivity contribution in [2.24, 2.45) is 0 Å². The van der Waals surface area contributed by atoms with Gasteiger partial charge in [-0.25, -0.2) is 0 Å². The van der Waals surface area contributed by atoms with E-state index in [1.165, 1.54) is 11.3 Å². The number of benzene rings is 4. The van der Waals surface area contributed by atoms with Crippen molar-refractivity contribution in [3.63, 3.8) is 0 Å². The Balaban J connectivity index is 1.47. The molecule has 1 atom stereocenters. The number of nitrogens with one attached hydrogen (secondary N) is 1. The van der Waals surface area contributed by atoms with Crippen LogP contribution in [0.25, 0.3) is 0 Å². The highest BCUT2D eigenvalue weighted by Crippen LogP contribution is 2.32.